The highest BCUT2D eigenvalue weighted by molar-refractivity contribution is 5.75. The van der Waals surface area contributed by atoms with E-state index in [9.17, 15) is 4.79 Å². The summed E-state index contributed by atoms with van der Waals surface area (Å²) in [6, 6.07) is 6.56. The zero-order valence-electron chi connectivity index (χ0n) is 13.6. The molecule has 0 unspecified atom stereocenters. The highest BCUT2D eigenvalue weighted by Crippen LogP contribution is 2.35. The number of benzene rings is 1. The third-order valence-electron chi connectivity index (χ3n) is 3.82. The Morgan fingerprint density at radius 1 is 1.30 bits per heavy atom. The van der Waals surface area contributed by atoms with Crippen LogP contribution in [0.15, 0.2) is 24.5 Å². The summed E-state index contributed by atoms with van der Waals surface area (Å²) in [5, 5.41) is 10.9. The second-order valence-corrected chi connectivity index (χ2v) is 6.08. The molecule has 1 heterocycles. The second-order valence-electron chi connectivity index (χ2n) is 6.08. The number of hydrogen-bond acceptors (Lipinski definition) is 4. The van der Waals surface area contributed by atoms with Crippen molar-refractivity contribution in [3.05, 3.63) is 41.5 Å². The van der Waals surface area contributed by atoms with Gasteiger partial charge in [0.15, 0.2) is 5.82 Å². The van der Waals surface area contributed by atoms with Gasteiger partial charge in [-0.2, -0.15) is 0 Å². The molecule has 1 saturated carbocycles. The van der Waals surface area contributed by atoms with Gasteiger partial charge in [-0.3, -0.25) is 4.79 Å². The molecule has 0 spiro atoms. The molecule has 1 fully saturated rings. The monoisotopic (exact) mass is 314 g/mol. The van der Waals surface area contributed by atoms with Gasteiger partial charge in [-0.15, -0.1) is 10.2 Å². The van der Waals surface area contributed by atoms with Gasteiger partial charge in [0.05, 0.1) is 19.6 Å². The largest absolute Gasteiger partial charge is 0.493 e. The number of nitrogens with one attached hydrogen (secondary N) is 1. The predicted molar refractivity (Wildman–Crippen MR) is 86.2 cm³/mol. The molecule has 0 aliphatic heterocycles. The fourth-order valence-corrected chi connectivity index (χ4v) is 2.59. The number of rotatable bonds is 7. The van der Waals surface area contributed by atoms with Crippen LogP contribution in [0, 0.1) is 13.8 Å². The number of hydrogen-bond donors (Lipinski definition) is 1. The molecular formula is C17H22N4O2. The van der Waals surface area contributed by atoms with E-state index in [4.69, 9.17) is 4.74 Å². The third-order valence-corrected chi connectivity index (χ3v) is 3.82. The summed E-state index contributed by atoms with van der Waals surface area (Å²) >= 11 is 0. The lowest BCUT2D eigenvalue weighted by atomic mass is 10.1. The van der Waals surface area contributed by atoms with Crippen molar-refractivity contribution >= 4 is 5.91 Å². The molecule has 0 saturated heterocycles. The summed E-state index contributed by atoms with van der Waals surface area (Å²) in [6.45, 7) is 4.84. The van der Waals surface area contributed by atoms with E-state index in [0.29, 0.717) is 25.6 Å². The van der Waals surface area contributed by atoms with Crippen LogP contribution in [0.2, 0.25) is 0 Å². The number of amides is 1. The smallest absolute Gasteiger partial charge is 0.223 e. The molecule has 23 heavy (non-hydrogen) atoms. The molecule has 1 N–H and O–H groups in total. The summed E-state index contributed by atoms with van der Waals surface area (Å²) in [5.74, 6) is 1.58. The molecule has 1 aromatic heterocycles. The van der Waals surface area contributed by atoms with Crippen molar-refractivity contribution < 1.29 is 9.53 Å². The molecule has 1 aliphatic carbocycles. The minimum Gasteiger partial charge on any atom is -0.493 e. The van der Waals surface area contributed by atoms with Gasteiger partial charge < -0.3 is 14.6 Å². The Bertz CT molecular complexity index is 671. The van der Waals surface area contributed by atoms with Crippen LogP contribution in [0.3, 0.4) is 0 Å². The van der Waals surface area contributed by atoms with Crippen LogP contribution in [-0.2, 0) is 11.3 Å². The van der Waals surface area contributed by atoms with Crippen LogP contribution in [0.4, 0.5) is 0 Å². The quantitative estimate of drug-likeness (QED) is 0.851. The number of aromatic nitrogens is 3. The van der Waals surface area contributed by atoms with E-state index in [0.717, 1.165) is 22.7 Å². The Morgan fingerprint density at radius 3 is 2.74 bits per heavy atom. The van der Waals surface area contributed by atoms with E-state index < -0.39 is 0 Å². The lowest BCUT2D eigenvalue weighted by Gasteiger charge is -2.09. The molecule has 0 radical (unpaired) electrons. The topological polar surface area (TPSA) is 69.0 Å². The Labute approximate surface area is 135 Å². The maximum atomic E-state index is 11.9. The van der Waals surface area contributed by atoms with Gasteiger partial charge in [-0.25, -0.2) is 0 Å². The van der Waals surface area contributed by atoms with Gasteiger partial charge in [-0.1, -0.05) is 6.07 Å². The summed E-state index contributed by atoms with van der Waals surface area (Å²) in [5.41, 5.74) is 2.31. The molecule has 3 rings (SSSR count). The Hall–Kier alpha value is -2.37. The molecule has 6 heteroatoms. The number of carbonyl (C=O) groups is 1. The Balaban J connectivity index is 1.42. The van der Waals surface area contributed by atoms with E-state index in [2.05, 4.69) is 21.6 Å². The van der Waals surface area contributed by atoms with Crippen molar-refractivity contribution in [2.45, 2.75) is 45.7 Å². The van der Waals surface area contributed by atoms with Gasteiger partial charge in [0, 0.05) is 6.04 Å². The normalized spacial score (nSPS) is 13.8. The molecule has 1 aromatic carbocycles. The molecule has 0 atom stereocenters. The molecular weight excluding hydrogens is 292 g/mol. The Morgan fingerprint density at radius 2 is 2.04 bits per heavy atom. The van der Waals surface area contributed by atoms with Crippen LogP contribution in [0.5, 0.6) is 5.75 Å². The first-order chi connectivity index (χ1) is 11.1. The first kappa shape index (κ1) is 15.5. The van der Waals surface area contributed by atoms with Gasteiger partial charge in [0.2, 0.25) is 5.91 Å². The van der Waals surface area contributed by atoms with Gasteiger partial charge in [0.25, 0.3) is 0 Å². The summed E-state index contributed by atoms with van der Waals surface area (Å²) < 4.78 is 7.70. The third kappa shape index (κ3) is 4.31. The minimum absolute atomic E-state index is 0.0419. The number of ether oxygens (including phenoxy) is 1. The van der Waals surface area contributed by atoms with Crippen LogP contribution in [-0.4, -0.2) is 27.3 Å². The SMILES string of the molecule is Cc1cc(C)cc(OCCC(=O)NCc2nncn2C2CC2)c1. The van der Waals surface area contributed by atoms with Crippen molar-refractivity contribution in [3.8, 4) is 5.75 Å². The number of aryl methyl sites for hydroxylation is 2. The van der Waals surface area contributed by atoms with Crippen molar-refractivity contribution in [3.63, 3.8) is 0 Å². The van der Waals surface area contributed by atoms with Crippen molar-refractivity contribution in [1.29, 1.82) is 0 Å². The predicted octanol–water partition coefficient (Wildman–Crippen LogP) is 2.32. The first-order valence-corrected chi connectivity index (χ1v) is 7.98. The van der Waals surface area contributed by atoms with Crippen LogP contribution >= 0.6 is 0 Å². The van der Waals surface area contributed by atoms with Gasteiger partial charge in [0.1, 0.15) is 12.1 Å². The Kier molecular flexibility index (Phi) is 4.60. The fourth-order valence-electron chi connectivity index (χ4n) is 2.59. The number of carbonyl (C=O) groups excluding carboxylic acids is 1. The van der Waals surface area contributed by atoms with Crippen LogP contribution in [0.1, 0.15) is 42.3 Å². The van der Waals surface area contributed by atoms with E-state index in [1.807, 2.05) is 30.5 Å². The molecule has 1 aliphatic rings. The summed E-state index contributed by atoms with van der Waals surface area (Å²) in [6.07, 6.45) is 4.40. The molecule has 1 amide bonds. The standard InChI is InChI=1S/C17H22N4O2/c1-12-7-13(2)9-15(8-12)23-6-5-17(22)18-10-16-20-19-11-21(16)14-3-4-14/h7-9,11,14H,3-6,10H2,1-2H3,(H,18,22). The van der Waals surface area contributed by atoms with Crippen LogP contribution in [0.25, 0.3) is 0 Å². The maximum absolute atomic E-state index is 11.9. The van der Waals surface area contributed by atoms with Gasteiger partial charge >= 0.3 is 0 Å². The zero-order valence-corrected chi connectivity index (χ0v) is 13.6. The molecule has 2 aromatic rings. The molecule has 122 valence electrons. The van der Waals surface area contributed by atoms with Crippen molar-refractivity contribution in [2.75, 3.05) is 6.61 Å². The summed E-state index contributed by atoms with van der Waals surface area (Å²) in [4.78, 5) is 11.9. The van der Waals surface area contributed by atoms with E-state index >= 15 is 0 Å². The lowest BCUT2D eigenvalue weighted by Crippen LogP contribution is -2.26. The second kappa shape index (κ2) is 6.81. The average molecular weight is 314 g/mol. The van der Waals surface area contributed by atoms with Crippen molar-refractivity contribution in [2.24, 2.45) is 0 Å². The summed E-state index contributed by atoms with van der Waals surface area (Å²) in [7, 11) is 0. The number of nitrogens with zero attached hydrogens (tertiary/aromatic N) is 3. The molecule has 0 bridgehead atoms. The first-order valence-electron chi connectivity index (χ1n) is 7.98. The highest BCUT2D eigenvalue weighted by Gasteiger charge is 2.25. The zero-order chi connectivity index (χ0) is 16.2. The highest BCUT2D eigenvalue weighted by atomic mass is 16.5. The van der Waals surface area contributed by atoms with E-state index in [1.165, 1.54) is 12.8 Å². The fraction of sp³-hybridized carbons (Fsp3) is 0.471. The van der Waals surface area contributed by atoms with Crippen LogP contribution < -0.4 is 10.1 Å². The van der Waals surface area contributed by atoms with Gasteiger partial charge in [-0.05, 0) is 49.9 Å². The average Bonchev–Trinajstić information content (AvgIpc) is 3.23. The van der Waals surface area contributed by atoms with E-state index in [1.54, 1.807) is 6.33 Å². The molecule has 6 nitrogen and oxygen atoms in total. The van der Waals surface area contributed by atoms with E-state index in [-0.39, 0.29) is 5.91 Å². The maximum Gasteiger partial charge on any atom is 0.223 e. The van der Waals surface area contributed by atoms with Crippen molar-refractivity contribution in [1.82, 2.24) is 20.1 Å². The minimum atomic E-state index is -0.0419. The lowest BCUT2D eigenvalue weighted by molar-refractivity contribution is -0.121.